The van der Waals surface area contributed by atoms with E-state index in [1.807, 2.05) is 31.2 Å². The first-order chi connectivity index (χ1) is 9.11. The number of nitrogens with one attached hydrogen (secondary N) is 1. The summed E-state index contributed by atoms with van der Waals surface area (Å²) in [6.07, 6.45) is 0. The van der Waals surface area contributed by atoms with Gasteiger partial charge in [0.15, 0.2) is 5.76 Å². The van der Waals surface area contributed by atoms with E-state index >= 15 is 0 Å². The van der Waals surface area contributed by atoms with Gasteiger partial charge < -0.3 is 14.5 Å². The molecule has 0 aliphatic heterocycles. The summed E-state index contributed by atoms with van der Waals surface area (Å²) in [6.45, 7) is 3.71. The van der Waals surface area contributed by atoms with Crippen molar-refractivity contribution >= 4 is 5.91 Å². The zero-order valence-electron chi connectivity index (χ0n) is 11.3. The van der Waals surface area contributed by atoms with Crippen molar-refractivity contribution < 1.29 is 13.9 Å². The summed E-state index contributed by atoms with van der Waals surface area (Å²) in [4.78, 5) is 12.0. The summed E-state index contributed by atoms with van der Waals surface area (Å²) < 4.78 is 10.6. The Morgan fingerprint density at radius 1 is 1.26 bits per heavy atom. The number of aryl methyl sites for hydroxylation is 1. The number of furan rings is 1. The summed E-state index contributed by atoms with van der Waals surface area (Å²) in [5.41, 5.74) is 0.932. The largest absolute Gasteiger partial charge is 0.496 e. The molecule has 0 aliphatic rings. The molecular weight excluding hydrogens is 242 g/mol. The van der Waals surface area contributed by atoms with Crippen LogP contribution in [0.1, 0.15) is 34.8 Å². The van der Waals surface area contributed by atoms with Crippen molar-refractivity contribution in [1.29, 1.82) is 0 Å². The highest BCUT2D eigenvalue weighted by Gasteiger charge is 2.16. The predicted octanol–water partition coefficient (Wildman–Crippen LogP) is 3.09. The first-order valence-corrected chi connectivity index (χ1v) is 6.12. The van der Waals surface area contributed by atoms with Crippen molar-refractivity contribution in [2.75, 3.05) is 7.11 Å². The van der Waals surface area contributed by atoms with Crippen LogP contribution in [0.4, 0.5) is 0 Å². The molecule has 100 valence electrons. The van der Waals surface area contributed by atoms with Crippen LogP contribution in [0, 0.1) is 6.92 Å². The number of ether oxygens (including phenoxy) is 1. The number of hydrogen-bond donors (Lipinski definition) is 1. The second-order valence-electron chi connectivity index (χ2n) is 4.35. The van der Waals surface area contributed by atoms with E-state index in [1.54, 1.807) is 26.2 Å². The van der Waals surface area contributed by atoms with Gasteiger partial charge in [0.2, 0.25) is 0 Å². The molecule has 19 heavy (non-hydrogen) atoms. The lowest BCUT2D eigenvalue weighted by Crippen LogP contribution is -2.26. The summed E-state index contributed by atoms with van der Waals surface area (Å²) in [7, 11) is 1.61. The van der Waals surface area contributed by atoms with Crippen LogP contribution >= 0.6 is 0 Å². The van der Waals surface area contributed by atoms with Gasteiger partial charge in [-0.15, -0.1) is 0 Å². The number of amides is 1. The van der Waals surface area contributed by atoms with Crippen molar-refractivity contribution in [3.05, 3.63) is 53.5 Å². The molecule has 1 N–H and O–H groups in total. The summed E-state index contributed by atoms with van der Waals surface area (Å²) in [5, 5.41) is 2.89. The molecule has 1 heterocycles. The van der Waals surface area contributed by atoms with E-state index in [4.69, 9.17) is 9.15 Å². The van der Waals surface area contributed by atoms with E-state index in [1.165, 1.54) is 0 Å². The molecule has 0 radical (unpaired) electrons. The SMILES string of the molecule is COc1ccccc1[C@H](C)NC(=O)c1ccc(C)o1. The van der Waals surface area contributed by atoms with Crippen molar-refractivity contribution in [3.63, 3.8) is 0 Å². The van der Waals surface area contributed by atoms with Gasteiger partial charge in [0.25, 0.3) is 5.91 Å². The molecule has 0 aliphatic carbocycles. The molecule has 4 heteroatoms. The fourth-order valence-electron chi connectivity index (χ4n) is 1.93. The molecule has 0 spiro atoms. The first kappa shape index (κ1) is 13.2. The van der Waals surface area contributed by atoms with Crippen molar-refractivity contribution in [2.24, 2.45) is 0 Å². The number of methoxy groups -OCH3 is 1. The normalized spacial score (nSPS) is 11.9. The maximum Gasteiger partial charge on any atom is 0.287 e. The average Bonchev–Trinajstić information content (AvgIpc) is 2.85. The van der Waals surface area contributed by atoms with Gasteiger partial charge in [0, 0.05) is 5.56 Å². The van der Waals surface area contributed by atoms with Crippen LogP contribution in [0.25, 0.3) is 0 Å². The van der Waals surface area contributed by atoms with Gasteiger partial charge in [-0.05, 0) is 32.0 Å². The van der Waals surface area contributed by atoms with E-state index in [0.717, 1.165) is 17.1 Å². The monoisotopic (exact) mass is 259 g/mol. The minimum atomic E-state index is -0.230. The highest BCUT2D eigenvalue weighted by atomic mass is 16.5. The molecule has 0 fully saturated rings. The third-order valence-corrected chi connectivity index (χ3v) is 2.92. The van der Waals surface area contributed by atoms with Crippen molar-refractivity contribution in [3.8, 4) is 5.75 Å². The predicted molar refractivity (Wildman–Crippen MR) is 72.3 cm³/mol. The molecule has 1 atom stereocenters. The maximum absolute atomic E-state index is 12.0. The van der Waals surface area contributed by atoms with Gasteiger partial charge in [0.05, 0.1) is 13.2 Å². The Bertz CT molecular complexity index is 574. The van der Waals surface area contributed by atoms with Crippen molar-refractivity contribution in [1.82, 2.24) is 5.32 Å². The van der Waals surface area contributed by atoms with Crippen LogP contribution in [0.3, 0.4) is 0 Å². The Labute approximate surface area is 112 Å². The van der Waals surface area contributed by atoms with E-state index in [0.29, 0.717) is 5.76 Å². The second kappa shape index (κ2) is 5.61. The average molecular weight is 259 g/mol. The molecular formula is C15H17NO3. The molecule has 0 saturated heterocycles. The Kier molecular flexibility index (Phi) is 3.90. The molecule has 4 nitrogen and oxygen atoms in total. The topological polar surface area (TPSA) is 51.5 Å². The molecule has 1 amide bonds. The Hall–Kier alpha value is -2.23. The van der Waals surface area contributed by atoms with Crippen LogP contribution in [0.2, 0.25) is 0 Å². The number of para-hydroxylation sites is 1. The van der Waals surface area contributed by atoms with E-state index < -0.39 is 0 Å². The van der Waals surface area contributed by atoms with E-state index in [-0.39, 0.29) is 11.9 Å². The van der Waals surface area contributed by atoms with Crippen molar-refractivity contribution in [2.45, 2.75) is 19.9 Å². The molecule has 0 unspecified atom stereocenters. The maximum atomic E-state index is 12.0. The van der Waals surface area contributed by atoms with E-state index in [2.05, 4.69) is 5.32 Å². The Morgan fingerprint density at radius 3 is 2.63 bits per heavy atom. The fraction of sp³-hybridized carbons (Fsp3) is 0.267. The first-order valence-electron chi connectivity index (χ1n) is 6.12. The smallest absolute Gasteiger partial charge is 0.287 e. The molecule has 1 aromatic carbocycles. The third kappa shape index (κ3) is 2.96. The van der Waals surface area contributed by atoms with Gasteiger partial charge in [0.1, 0.15) is 11.5 Å². The van der Waals surface area contributed by atoms with Gasteiger partial charge in [-0.3, -0.25) is 4.79 Å². The van der Waals surface area contributed by atoms with Gasteiger partial charge >= 0.3 is 0 Å². The minimum Gasteiger partial charge on any atom is -0.496 e. The number of benzene rings is 1. The minimum absolute atomic E-state index is 0.158. The van der Waals surface area contributed by atoms with Gasteiger partial charge in [-0.1, -0.05) is 18.2 Å². The molecule has 0 bridgehead atoms. The van der Waals surface area contributed by atoms with Gasteiger partial charge in [-0.25, -0.2) is 0 Å². The van der Waals surface area contributed by atoms with Crippen LogP contribution in [0.5, 0.6) is 5.75 Å². The lowest BCUT2D eigenvalue weighted by molar-refractivity contribution is 0.0910. The lowest BCUT2D eigenvalue weighted by Gasteiger charge is -2.16. The quantitative estimate of drug-likeness (QED) is 0.918. The van der Waals surface area contributed by atoms with Crippen LogP contribution in [-0.2, 0) is 0 Å². The number of carbonyl (C=O) groups is 1. The number of hydrogen-bond acceptors (Lipinski definition) is 3. The van der Waals surface area contributed by atoms with E-state index in [9.17, 15) is 4.79 Å². The fourth-order valence-corrected chi connectivity index (χ4v) is 1.93. The Balaban J connectivity index is 2.12. The highest BCUT2D eigenvalue weighted by Crippen LogP contribution is 2.24. The second-order valence-corrected chi connectivity index (χ2v) is 4.35. The zero-order chi connectivity index (χ0) is 13.8. The molecule has 2 aromatic rings. The van der Waals surface area contributed by atoms with Gasteiger partial charge in [-0.2, -0.15) is 0 Å². The zero-order valence-corrected chi connectivity index (χ0v) is 11.3. The lowest BCUT2D eigenvalue weighted by atomic mass is 10.1. The highest BCUT2D eigenvalue weighted by molar-refractivity contribution is 5.91. The third-order valence-electron chi connectivity index (χ3n) is 2.92. The molecule has 0 saturated carbocycles. The summed E-state index contributed by atoms with van der Waals surface area (Å²) >= 11 is 0. The van der Waals surface area contributed by atoms with Crippen LogP contribution < -0.4 is 10.1 Å². The van der Waals surface area contributed by atoms with Crippen LogP contribution in [0.15, 0.2) is 40.8 Å². The number of carbonyl (C=O) groups excluding carboxylic acids is 1. The van der Waals surface area contributed by atoms with Crippen LogP contribution in [-0.4, -0.2) is 13.0 Å². The summed E-state index contributed by atoms with van der Waals surface area (Å²) in [5.74, 6) is 1.56. The Morgan fingerprint density at radius 2 is 2.00 bits per heavy atom. The standard InChI is InChI=1S/C15H17NO3/c1-10-8-9-14(19-10)15(17)16-11(2)12-6-4-5-7-13(12)18-3/h4-9,11H,1-3H3,(H,16,17)/t11-/m0/s1. The molecule has 1 aromatic heterocycles. The number of rotatable bonds is 4. The summed E-state index contributed by atoms with van der Waals surface area (Å²) in [6, 6.07) is 10.9. The molecule has 2 rings (SSSR count).